The number of hydrogen-bond donors (Lipinski definition) is 1. The second kappa shape index (κ2) is 6.81. The molecule has 0 aliphatic heterocycles. The van der Waals surface area contributed by atoms with Gasteiger partial charge in [-0.1, -0.05) is 30.3 Å². The fourth-order valence-corrected chi connectivity index (χ4v) is 4.16. The summed E-state index contributed by atoms with van der Waals surface area (Å²) in [6.45, 7) is 0.129. The van der Waals surface area contributed by atoms with Crippen molar-refractivity contribution in [2.75, 3.05) is 0 Å². The lowest BCUT2D eigenvalue weighted by atomic mass is 9.98. The normalized spacial score (nSPS) is 13.9. The maximum Gasteiger partial charge on any atom is 0.237 e. The van der Waals surface area contributed by atoms with Crippen LogP contribution in [-0.2, 0) is 23.0 Å². The number of pyridine rings is 1. The van der Waals surface area contributed by atoms with Gasteiger partial charge in [0.2, 0.25) is 10.0 Å². The molecule has 0 saturated heterocycles. The molecule has 2 heterocycles. The number of hydrogen-bond acceptors (Lipinski definition) is 5. The Bertz CT molecular complexity index is 1060. The molecule has 2 aromatic heterocycles. The van der Waals surface area contributed by atoms with Crippen LogP contribution < -0.4 is 4.72 Å². The highest BCUT2D eigenvalue weighted by Crippen LogP contribution is 2.26. The lowest BCUT2D eigenvalue weighted by molar-refractivity contribution is 0.585. The van der Waals surface area contributed by atoms with Crippen LogP contribution in [0.1, 0.15) is 23.1 Å². The Labute approximate surface area is 151 Å². The van der Waals surface area contributed by atoms with E-state index < -0.39 is 10.0 Å². The third-order valence-corrected chi connectivity index (χ3v) is 5.85. The van der Waals surface area contributed by atoms with Gasteiger partial charge in [-0.25, -0.2) is 27.8 Å². The van der Waals surface area contributed by atoms with Gasteiger partial charge in [-0.3, -0.25) is 0 Å². The smallest absolute Gasteiger partial charge is 0.237 e. The molecule has 132 valence electrons. The van der Waals surface area contributed by atoms with Crippen LogP contribution in [0, 0.1) is 0 Å². The number of aryl methyl sites for hydroxylation is 1. The summed E-state index contributed by atoms with van der Waals surface area (Å²) in [6, 6.07) is 11.4. The summed E-state index contributed by atoms with van der Waals surface area (Å²) in [7, 11) is -3.57. The van der Waals surface area contributed by atoms with E-state index in [2.05, 4.69) is 19.8 Å². The van der Waals surface area contributed by atoms with Gasteiger partial charge in [0.1, 0.15) is 12.7 Å². The van der Waals surface area contributed by atoms with Crippen LogP contribution >= 0.6 is 0 Å². The van der Waals surface area contributed by atoms with Gasteiger partial charge in [0.15, 0.2) is 5.82 Å². The summed E-state index contributed by atoms with van der Waals surface area (Å²) in [4.78, 5) is 8.59. The average molecular weight is 367 g/mol. The summed E-state index contributed by atoms with van der Waals surface area (Å²) < 4.78 is 29.7. The predicted molar refractivity (Wildman–Crippen MR) is 97.7 cm³/mol. The molecule has 1 aliphatic carbocycles. The van der Waals surface area contributed by atoms with Crippen molar-refractivity contribution >= 4 is 16.1 Å². The molecule has 0 spiro atoms. The van der Waals surface area contributed by atoms with E-state index in [9.17, 15) is 8.42 Å². The Kier molecular flexibility index (Phi) is 4.36. The van der Waals surface area contributed by atoms with Gasteiger partial charge in [0.05, 0.1) is 4.91 Å². The number of rotatable bonds is 5. The van der Waals surface area contributed by atoms with Gasteiger partial charge in [0.25, 0.3) is 0 Å². The molecule has 4 rings (SSSR count). The quantitative estimate of drug-likeness (QED) is 0.746. The minimum Gasteiger partial charge on any atom is -0.237 e. The standard InChI is InChI=1S/C18H17N5O2S/c24-26(25,17-8-7-14-4-1-2-5-15(14)10-17)22-11-16-6-3-9-20-18(16)23-13-19-12-21-23/h1-6,9-10,12-13,22H,7-8,11H2. The van der Waals surface area contributed by atoms with E-state index in [-0.39, 0.29) is 6.54 Å². The second-order valence-electron chi connectivity index (χ2n) is 5.96. The average Bonchev–Trinajstić information content (AvgIpc) is 3.21. The molecule has 0 radical (unpaired) electrons. The first kappa shape index (κ1) is 16.6. The number of aromatic nitrogens is 4. The minimum atomic E-state index is -3.57. The number of benzene rings is 1. The number of nitrogens with zero attached hydrogens (tertiary/aromatic N) is 4. The first-order chi connectivity index (χ1) is 12.6. The zero-order valence-electron chi connectivity index (χ0n) is 13.9. The van der Waals surface area contributed by atoms with Crippen molar-refractivity contribution in [2.45, 2.75) is 19.4 Å². The van der Waals surface area contributed by atoms with Crippen LogP contribution in [0.15, 0.2) is 60.2 Å². The highest BCUT2D eigenvalue weighted by Gasteiger charge is 2.22. The van der Waals surface area contributed by atoms with Gasteiger partial charge >= 0.3 is 0 Å². The first-order valence-corrected chi connectivity index (χ1v) is 9.69. The van der Waals surface area contributed by atoms with E-state index in [0.717, 1.165) is 17.5 Å². The number of sulfonamides is 1. The summed E-state index contributed by atoms with van der Waals surface area (Å²) in [5.41, 5.74) is 2.86. The predicted octanol–water partition coefficient (Wildman–Crippen LogP) is 2.07. The minimum absolute atomic E-state index is 0.129. The topological polar surface area (TPSA) is 89.8 Å². The molecule has 8 heteroatoms. The van der Waals surface area contributed by atoms with Gasteiger partial charge in [-0.2, -0.15) is 5.10 Å². The second-order valence-corrected chi connectivity index (χ2v) is 7.78. The van der Waals surface area contributed by atoms with Gasteiger partial charge in [-0.15, -0.1) is 0 Å². The highest BCUT2D eigenvalue weighted by molar-refractivity contribution is 7.93. The summed E-state index contributed by atoms with van der Waals surface area (Å²) in [5, 5.41) is 4.06. The van der Waals surface area contributed by atoms with Crippen molar-refractivity contribution in [1.82, 2.24) is 24.5 Å². The Morgan fingerprint density at radius 3 is 2.85 bits per heavy atom. The molecule has 7 nitrogen and oxygen atoms in total. The van der Waals surface area contributed by atoms with Crippen molar-refractivity contribution in [1.29, 1.82) is 0 Å². The molecule has 0 fully saturated rings. The van der Waals surface area contributed by atoms with E-state index in [1.807, 2.05) is 30.3 Å². The fraction of sp³-hybridized carbons (Fsp3) is 0.167. The SMILES string of the molecule is O=S(=O)(NCc1cccnc1-n1cncn1)C1=Cc2ccccc2CC1. The van der Waals surface area contributed by atoms with Gasteiger partial charge < -0.3 is 0 Å². The van der Waals surface area contributed by atoms with Crippen molar-refractivity contribution in [3.05, 3.63) is 76.8 Å². The Morgan fingerprint density at radius 2 is 2.00 bits per heavy atom. The maximum absolute atomic E-state index is 12.7. The maximum atomic E-state index is 12.7. The van der Waals surface area contributed by atoms with E-state index in [1.165, 1.54) is 22.9 Å². The molecular weight excluding hydrogens is 350 g/mol. The molecule has 26 heavy (non-hydrogen) atoms. The highest BCUT2D eigenvalue weighted by atomic mass is 32.2. The molecule has 0 unspecified atom stereocenters. The van der Waals surface area contributed by atoms with Crippen molar-refractivity contribution in [3.8, 4) is 5.82 Å². The number of nitrogens with one attached hydrogen (secondary N) is 1. The molecule has 1 N–H and O–H groups in total. The number of allylic oxidation sites excluding steroid dienone is 1. The van der Waals surface area contributed by atoms with Crippen LogP contribution in [-0.4, -0.2) is 28.2 Å². The van der Waals surface area contributed by atoms with Crippen molar-refractivity contribution in [3.63, 3.8) is 0 Å². The van der Waals surface area contributed by atoms with E-state index in [0.29, 0.717) is 17.1 Å². The molecule has 0 amide bonds. The molecule has 0 atom stereocenters. The van der Waals surface area contributed by atoms with Crippen LogP contribution in [0.4, 0.5) is 0 Å². The third kappa shape index (κ3) is 3.29. The Balaban J connectivity index is 1.57. The molecule has 1 aliphatic rings. The molecular formula is C18H17N5O2S. The van der Waals surface area contributed by atoms with Gasteiger partial charge in [-0.05, 0) is 36.1 Å². The summed E-state index contributed by atoms with van der Waals surface area (Å²) in [6.07, 6.45) is 7.54. The molecule has 0 bridgehead atoms. The third-order valence-electron chi connectivity index (χ3n) is 4.31. The fourth-order valence-electron chi connectivity index (χ4n) is 2.98. The van der Waals surface area contributed by atoms with E-state index in [1.54, 1.807) is 18.3 Å². The van der Waals surface area contributed by atoms with Crippen LogP contribution in [0.25, 0.3) is 11.9 Å². The van der Waals surface area contributed by atoms with E-state index in [4.69, 9.17) is 0 Å². The molecule has 0 saturated carbocycles. The summed E-state index contributed by atoms with van der Waals surface area (Å²) >= 11 is 0. The zero-order valence-corrected chi connectivity index (χ0v) is 14.7. The largest absolute Gasteiger partial charge is 0.237 e. The van der Waals surface area contributed by atoms with Gasteiger partial charge in [0, 0.05) is 18.3 Å². The molecule has 3 aromatic rings. The lowest BCUT2D eigenvalue weighted by Gasteiger charge is -2.17. The van der Waals surface area contributed by atoms with Crippen LogP contribution in [0.3, 0.4) is 0 Å². The monoisotopic (exact) mass is 367 g/mol. The van der Waals surface area contributed by atoms with E-state index >= 15 is 0 Å². The molecule has 1 aromatic carbocycles. The van der Waals surface area contributed by atoms with Crippen molar-refractivity contribution in [2.24, 2.45) is 0 Å². The lowest BCUT2D eigenvalue weighted by Crippen LogP contribution is -2.26. The number of fused-ring (bicyclic) bond motifs is 1. The summed E-state index contributed by atoms with van der Waals surface area (Å²) in [5.74, 6) is 0.552. The van der Waals surface area contributed by atoms with Crippen LogP contribution in [0.5, 0.6) is 0 Å². The van der Waals surface area contributed by atoms with Crippen molar-refractivity contribution < 1.29 is 8.42 Å². The Morgan fingerprint density at radius 1 is 1.12 bits per heavy atom. The first-order valence-electron chi connectivity index (χ1n) is 8.20. The zero-order chi connectivity index (χ0) is 18.0. The van der Waals surface area contributed by atoms with Crippen LogP contribution in [0.2, 0.25) is 0 Å². The Hall–Kier alpha value is -2.84.